The van der Waals surface area contributed by atoms with Crippen LogP contribution in [0.5, 0.6) is 0 Å². The molecule has 14 heteroatoms. The topological polar surface area (TPSA) is 171 Å². The first-order valence-corrected chi connectivity index (χ1v) is 13.7. The van der Waals surface area contributed by atoms with Crippen LogP contribution in [0.3, 0.4) is 0 Å². The summed E-state index contributed by atoms with van der Waals surface area (Å²) >= 11 is 0. The van der Waals surface area contributed by atoms with E-state index in [9.17, 15) is 41.2 Å². The van der Waals surface area contributed by atoms with Crippen molar-refractivity contribution in [3.63, 3.8) is 0 Å². The Morgan fingerprint density at radius 1 is 1.17 bits per heavy atom. The van der Waals surface area contributed by atoms with Crippen LogP contribution in [-0.4, -0.2) is 72.1 Å². The van der Waals surface area contributed by atoms with Crippen LogP contribution in [0.4, 0.5) is 13.6 Å². The predicted molar refractivity (Wildman–Crippen MR) is 124 cm³/mol. The summed E-state index contributed by atoms with van der Waals surface area (Å²) in [6.45, 7) is 5.51. The Bertz CT molecular complexity index is 892. The Labute approximate surface area is 209 Å². The van der Waals surface area contributed by atoms with Gasteiger partial charge in [0.1, 0.15) is 12.1 Å². The first-order chi connectivity index (χ1) is 16.6. The van der Waals surface area contributed by atoms with E-state index in [0.29, 0.717) is 13.0 Å². The molecular formula is C22H37F2N3O8S. The molecule has 2 rings (SSSR count). The van der Waals surface area contributed by atoms with Crippen molar-refractivity contribution >= 4 is 28.0 Å². The van der Waals surface area contributed by atoms with Crippen molar-refractivity contribution in [2.24, 2.45) is 17.8 Å². The van der Waals surface area contributed by atoms with Crippen LogP contribution in [0.2, 0.25) is 0 Å². The number of rotatable bonds is 11. The Kier molecular flexibility index (Phi) is 10.4. The van der Waals surface area contributed by atoms with E-state index in [1.807, 2.05) is 0 Å². The smallest absolute Gasteiger partial charge is 0.408 e. The number of ether oxygens (including phenoxy) is 1. The molecule has 0 aromatic carbocycles. The highest BCUT2D eigenvalue weighted by Crippen LogP contribution is 2.38. The van der Waals surface area contributed by atoms with Gasteiger partial charge in [-0.05, 0) is 50.9 Å². The predicted octanol–water partition coefficient (Wildman–Crippen LogP) is 1.56. The second-order valence-electron chi connectivity index (χ2n) is 10.2. The number of hydrogen-bond donors (Lipinski definition) is 5. The number of aliphatic hydroxyl groups excluding tert-OH is 1. The van der Waals surface area contributed by atoms with E-state index in [-0.39, 0.29) is 56.3 Å². The number of hydrogen-bond acceptors (Lipinski definition) is 7. The Hall–Kier alpha value is -2.06. The minimum Gasteiger partial charge on any atom is -0.446 e. The van der Waals surface area contributed by atoms with Crippen molar-refractivity contribution in [2.45, 2.75) is 95.3 Å². The van der Waals surface area contributed by atoms with Gasteiger partial charge in [-0.3, -0.25) is 14.1 Å². The highest BCUT2D eigenvalue weighted by molar-refractivity contribution is 7.86. The maximum absolute atomic E-state index is 13.4. The quantitative estimate of drug-likeness (QED) is 0.245. The molecule has 1 saturated heterocycles. The van der Waals surface area contributed by atoms with E-state index in [4.69, 9.17) is 4.74 Å². The minimum atomic E-state index is -4.97. The molecule has 5 atom stereocenters. The van der Waals surface area contributed by atoms with Gasteiger partial charge in [0.2, 0.25) is 23.2 Å². The summed E-state index contributed by atoms with van der Waals surface area (Å²) in [5.74, 6) is -4.95. The molecule has 3 amide bonds. The molecule has 2 fully saturated rings. The largest absolute Gasteiger partial charge is 0.446 e. The normalized spacial score (nSPS) is 23.9. The molecular weight excluding hydrogens is 504 g/mol. The van der Waals surface area contributed by atoms with Crippen LogP contribution in [0.1, 0.15) is 65.7 Å². The molecule has 1 saturated carbocycles. The molecule has 36 heavy (non-hydrogen) atoms. The zero-order chi connectivity index (χ0) is 27.3. The summed E-state index contributed by atoms with van der Waals surface area (Å²) in [4.78, 5) is 37.5. The molecule has 1 aliphatic heterocycles. The number of carbonyl (C=O) groups is 3. The maximum Gasteiger partial charge on any atom is 0.408 e. The van der Waals surface area contributed by atoms with E-state index in [1.54, 1.807) is 20.8 Å². The van der Waals surface area contributed by atoms with Crippen molar-refractivity contribution in [3.05, 3.63) is 0 Å². The van der Waals surface area contributed by atoms with Crippen LogP contribution < -0.4 is 16.0 Å². The lowest BCUT2D eigenvalue weighted by molar-refractivity contribution is -0.126. The van der Waals surface area contributed by atoms with E-state index in [2.05, 4.69) is 16.0 Å². The molecule has 0 aromatic heterocycles. The summed E-state index contributed by atoms with van der Waals surface area (Å²) in [7, 11) is -4.97. The summed E-state index contributed by atoms with van der Waals surface area (Å²) < 4.78 is 64.6. The second kappa shape index (κ2) is 12.5. The van der Waals surface area contributed by atoms with Crippen LogP contribution in [0.15, 0.2) is 0 Å². The van der Waals surface area contributed by atoms with Gasteiger partial charge in [0, 0.05) is 25.3 Å². The van der Waals surface area contributed by atoms with Gasteiger partial charge in [-0.2, -0.15) is 8.42 Å². The zero-order valence-corrected chi connectivity index (χ0v) is 21.5. The fourth-order valence-corrected chi connectivity index (χ4v) is 5.18. The molecule has 1 aliphatic carbocycles. The Morgan fingerprint density at radius 2 is 1.78 bits per heavy atom. The van der Waals surface area contributed by atoms with Crippen LogP contribution in [-0.2, 0) is 24.4 Å². The second-order valence-corrected chi connectivity index (χ2v) is 11.7. The van der Waals surface area contributed by atoms with E-state index >= 15 is 0 Å². The molecule has 0 radical (unpaired) electrons. The lowest BCUT2D eigenvalue weighted by Gasteiger charge is -2.32. The molecule has 2 aliphatic rings. The van der Waals surface area contributed by atoms with Crippen molar-refractivity contribution in [1.82, 2.24) is 16.0 Å². The van der Waals surface area contributed by atoms with Crippen LogP contribution in [0, 0.1) is 17.8 Å². The van der Waals surface area contributed by atoms with Crippen molar-refractivity contribution in [1.29, 1.82) is 0 Å². The van der Waals surface area contributed by atoms with Crippen LogP contribution >= 0.6 is 0 Å². The highest BCUT2D eigenvalue weighted by atomic mass is 32.2. The third kappa shape index (κ3) is 9.11. The SMILES string of the molecule is CC(C)CC(NC(=O)OC(C)C1CCC(F)(F)CC1)C(=O)NC(C[C@@H]1CCNC1=O)C(O)S(=O)(=O)O. The molecule has 4 unspecified atom stereocenters. The van der Waals surface area contributed by atoms with Crippen molar-refractivity contribution in [2.75, 3.05) is 6.54 Å². The van der Waals surface area contributed by atoms with Crippen molar-refractivity contribution < 1.29 is 46.0 Å². The van der Waals surface area contributed by atoms with Gasteiger partial charge in [0.25, 0.3) is 10.1 Å². The molecule has 208 valence electrons. The summed E-state index contributed by atoms with van der Waals surface area (Å²) in [5, 5.41) is 17.5. The van der Waals surface area contributed by atoms with Gasteiger partial charge in [0.15, 0.2) is 0 Å². The summed E-state index contributed by atoms with van der Waals surface area (Å²) in [5.41, 5.74) is -2.38. The lowest BCUT2D eigenvalue weighted by atomic mass is 9.84. The number of halogens is 2. The number of nitrogens with one attached hydrogen (secondary N) is 3. The van der Waals surface area contributed by atoms with Crippen LogP contribution in [0.25, 0.3) is 0 Å². The first-order valence-electron chi connectivity index (χ1n) is 12.2. The standard InChI is InChI=1S/C22H37F2N3O8S/c1-12(2)10-16(27-21(31)35-13(3)14-4-7-22(23,24)8-5-14)19(29)26-17(20(30)36(32,33)34)11-15-6-9-25-18(15)28/h12-17,20,30H,4-11H2,1-3H3,(H,25,28)(H,26,29)(H,27,31)(H,32,33,34)/t13?,15-,16?,17?,20?/m0/s1. The molecule has 0 spiro atoms. The molecule has 0 aromatic rings. The molecule has 1 heterocycles. The summed E-state index contributed by atoms with van der Waals surface area (Å²) in [6, 6.07) is -2.70. The molecule has 5 N–H and O–H groups in total. The highest BCUT2D eigenvalue weighted by Gasteiger charge is 2.39. The van der Waals surface area contributed by atoms with Gasteiger partial charge in [-0.15, -0.1) is 0 Å². The average molecular weight is 542 g/mol. The fraction of sp³-hybridized carbons (Fsp3) is 0.864. The first kappa shape index (κ1) is 30.2. The van der Waals surface area contributed by atoms with Crippen molar-refractivity contribution in [3.8, 4) is 0 Å². The number of alkyl carbamates (subject to hydrolysis) is 1. The Morgan fingerprint density at radius 3 is 2.28 bits per heavy atom. The Balaban J connectivity index is 2.06. The minimum absolute atomic E-state index is 0.0930. The van der Waals surface area contributed by atoms with Gasteiger partial charge < -0.3 is 25.8 Å². The van der Waals surface area contributed by atoms with E-state index in [1.165, 1.54) is 0 Å². The zero-order valence-electron chi connectivity index (χ0n) is 20.7. The van der Waals surface area contributed by atoms with Gasteiger partial charge in [-0.25, -0.2) is 13.6 Å². The number of alkyl halides is 2. The third-order valence-electron chi connectivity index (χ3n) is 6.71. The van der Waals surface area contributed by atoms with E-state index < -0.39 is 57.6 Å². The lowest BCUT2D eigenvalue weighted by Crippen LogP contribution is -2.55. The van der Waals surface area contributed by atoms with Gasteiger partial charge in [0.05, 0.1) is 6.04 Å². The fourth-order valence-electron chi connectivity index (χ4n) is 4.59. The average Bonchev–Trinajstić information content (AvgIpc) is 3.15. The maximum atomic E-state index is 13.4. The van der Waals surface area contributed by atoms with Gasteiger partial charge >= 0.3 is 6.09 Å². The summed E-state index contributed by atoms with van der Waals surface area (Å²) in [6.07, 6.45) is -1.56. The molecule has 11 nitrogen and oxygen atoms in total. The number of amides is 3. The van der Waals surface area contributed by atoms with Gasteiger partial charge in [-0.1, -0.05) is 13.8 Å². The number of carbonyl (C=O) groups excluding carboxylic acids is 3. The monoisotopic (exact) mass is 541 g/mol. The molecule has 0 bridgehead atoms. The van der Waals surface area contributed by atoms with E-state index in [0.717, 1.165) is 0 Å². The number of aliphatic hydroxyl groups is 1. The third-order valence-corrected chi connectivity index (χ3v) is 7.65.